The van der Waals surface area contributed by atoms with Crippen LogP contribution in [-0.2, 0) is 22.6 Å². The highest BCUT2D eigenvalue weighted by Gasteiger charge is 2.17. The van der Waals surface area contributed by atoms with Crippen molar-refractivity contribution >= 4 is 28.8 Å². The molecule has 2 amide bonds. The second-order valence-corrected chi connectivity index (χ2v) is 8.51. The summed E-state index contributed by atoms with van der Waals surface area (Å²) >= 11 is 1.63. The molecule has 0 spiro atoms. The molecule has 0 aliphatic carbocycles. The van der Waals surface area contributed by atoms with Crippen LogP contribution in [0.4, 0.5) is 5.69 Å². The molecule has 0 saturated heterocycles. The first-order valence-electron chi connectivity index (χ1n) is 10.3. The summed E-state index contributed by atoms with van der Waals surface area (Å²) in [5.41, 5.74) is 4.48. The van der Waals surface area contributed by atoms with E-state index in [1.54, 1.807) is 16.2 Å². The Labute approximate surface area is 191 Å². The van der Waals surface area contributed by atoms with Gasteiger partial charge in [-0.3, -0.25) is 9.59 Å². The number of nitrogens with one attached hydrogen (secondary N) is 1. The number of amides is 2. The van der Waals surface area contributed by atoms with Crippen LogP contribution in [0.1, 0.15) is 18.1 Å². The lowest BCUT2D eigenvalue weighted by Gasteiger charge is -2.17. The molecule has 7 heteroatoms. The number of hydrogen-bond donors (Lipinski definition) is 1. The van der Waals surface area contributed by atoms with Gasteiger partial charge >= 0.3 is 0 Å². The SMILES string of the molecule is CC(=O)Nc1ccc(CC(=O)N(C)Cc2cn(-c3ccccc3)nc2-c2cccs2)cc1. The van der Waals surface area contributed by atoms with E-state index in [1.807, 2.05) is 90.0 Å². The molecule has 162 valence electrons. The average molecular weight is 445 g/mol. The normalized spacial score (nSPS) is 10.7. The maximum Gasteiger partial charge on any atom is 0.227 e. The zero-order chi connectivity index (χ0) is 22.5. The van der Waals surface area contributed by atoms with Gasteiger partial charge in [0, 0.05) is 38.0 Å². The van der Waals surface area contributed by atoms with E-state index in [9.17, 15) is 9.59 Å². The number of thiophene rings is 1. The van der Waals surface area contributed by atoms with Crippen LogP contribution in [0, 0.1) is 0 Å². The van der Waals surface area contributed by atoms with Gasteiger partial charge in [0.15, 0.2) is 0 Å². The van der Waals surface area contributed by atoms with Crippen LogP contribution in [0.2, 0.25) is 0 Å². The average Bonchev–Trinajstić information content (AvgIpc) is 3.45. The summed E-state index contributed by atoms with van der Waals surface area (Å²) in [6, 6.07) is 21.3. The highest BCUT2D eigenvalue weighted by molar-refractivity contribution is 7.13. The third-order valence-corrected chi connectivity index (χ3v) is 5.90. The number of likely N-dealkylation sites (N-methyl/N-ethyl adjacent to an activating group) is 1. The smallest absolute Gasteiger partial charge is 0.227 e. The molecule has 1 N–H and O–H groups in total. The van der Waals surface area contributed by atoms with Gasteiger partial charge in [-0.05, 0) is 41.3 Å². The fourth-order valence-corrected chi connectivity index (χ4v) is 4.17. The highest BCUT2D eigenvalue weighted by atomic mass is 32.1. The second-order valence-electron chi connectivity index (χ2n) is 7.57. The minimum Gasteiger partial charge on any atom is -0.341 e. The molecule has 4 rings (SSSR count). The molecule has 0 atom stereocenters. The summed E-state index contributed by atoms with van der Waals surface area (Å²) in [4.78, 5) is 26.9. The minimum absolute atomic E-state index is 0.0156. The van der Waals surface area contributed by atoms with Crippen LogP contribution in [0.25, 0.3) is 16.3 Å². The van der Waals surface area contributed by atoms with Gasteiger partial charge in [0.25, 0.3) is 0 Å². The molecular weight excluding hydrogens is 420 g/mol. The van der Waals surface area contributed by atoms with Crippen LogP contribution < -0.4 is 5.32 Å². The molecule has 0 radical (unpaired) electrons. The molecule has 0 saturated carbocycles. The molecule has 2 aromatic heterocycles. The van der Waals surface area contributed by atoms with Crippen LogP contribution in [-0.4, -0.2) is 33.5 Å². The van der Waals surface area contributed by atoms with Gasteiger partial charge in [-0.2, -0.15) is 5.10 Å². The molecule has 0 fully saturated rings. The van der Waals surface area contributed by atoms with Crippen molar-refractivity contribution in [2.45, 2.75) is 19.9 Å². The Kier molecular flexibility index (Phi) is 6.47. The van der Waals surface area contributed by atoms with E-state index in [2.05, 4.69) is 5.32 Å². The topological polar surface area (TPSA) is 67.2 Å². The summed E-state index contributed by atoms with van der Waals surface area (Å²) < 4.78 is 1.86. The number of nitrogens with zero attached hydrogens (tertiary/aromatic N) is 3. The number of carbonyl (C=O) groups excluding carboxylic acids is 2. The quantitative estimate of drug-likeness (QED) is 0.447. The van der Waals surface area contributed by atoms with Gasteiger partial charge < -0.3 is 10.2 Å². The number of rotatable bonds is 7. The first-order chi connectivity index (χ1) is 15.5. The van der Waals surface area contributed by atoms with E-state index in [0.717, 1.165) is 33.1 Å². The number of aromatic nitrogens is 2. The van der Waals surface area contributed by atoms with Gasteiger partial charge in [0.05, 0.1) is 17.0 Å². The zero-order valence-electron chi connectivity index (χ0n) is 18.0. The van der Waals surface area contributed by atoms with Crippen LogP contribution >= 0.6 is 11.3 Å². The number of hydrogen-bond acceptors (Lipinski definition) is 4. The molecule has 0 bridgehead atoms. The first kappa shape index (κ1) is 21.5. The minimum atomic E-state index is -0.119. The molecule has 32 heavy (non-hydrogen) atoms. The van der Waals surface area contributed by atoms with E-state index < -0.39 is 0 Å². The summed E-state index contributed by atoms with van der Waals surface area (Å²) in [7, 11) is 1.81. The number of carbonyl (C=O) groups is 2. The Balaban J connectivity index is 1.50. The van der Waals surface area contributed by atoms with E-state index in [0.29, 0.717) is 6.54 Å². The van der Waals surface area contributed by atoms with E-state index in [-0.39, 0.29) is 18.2 Å². The van der Waals surface area contributed by atoms with Crippen molar-refractivity contribution < 1.29 is 9.59 Å². The van der Waals surface area contributed by atoms with Crippen molar-refractivity contribution in [3.8, 4) is 16.3 Å². The van der Waals surface area contributed by atoms with Crippen molar-refractivity contribution in [3.63, 3.8) is 0 Å². The molecule has 4 aromatic rings. The Morgan fingerprint density at radius 2 is 1.78 bits per heavy atom. The summed E-state index contributed by atoms with van der Waals surface area (Å²) in [5.74, 6) is -0.104. The monoisotopic (exact) mass is 444 g/mol. The van der Waals surface area contributed by atoms with Gasteiger partial charge in [-0.1, -0.05) is 36.4 Å². The largest absolute Gasteiger partial charge is 0.341 e. The fourth-order valence-electron chi connectivity index (χ4n) is 3.42. The fraction of sp³-hybridized carbons (Fsp3) is 0.160. The lowest BCUT2D eigenvalue weighted by molar-refractivity contribution is -0.129. The molecule has 6 nitrogen and oxygen atoms in total. The van der Waals surface area contributed by atoms with Crippen molar-refractivity contribution in [2.75, 3.05) is 12.4 Å². The van der Waals surface area contributed by atoms with E-state index in [4.69, 9.17) is 5.10 Å². The summed E-state index contributed by atoms with van der Waals surface area (Å²) in [6.07, 6.45) is 2.29. The van der Waals surface area contributed by atoms with Gasteiger partial charge in [0.2, 0.25) is 11.8 Å². The maximum absolute atomic E-state index is 12.9. The third-order valence-electron chi connectivity index (χ3n) is 5.03. The second kappa shape index (κ2) is 9.62. The lowest BCUT2D eigenvalue weighted by atomic mass is 10.1. The molecule has 2 heterocycles. The van der Waals surface area contributed by atoms with E-state index in [1.165, 1.54) is 6.92 Å². The predicted molar refractivity (Wildman–Crippen MR) is 128 cm³/mol. The Morgan fingerprint density at radius 3 is 2.44 bits per heavy atom. The molecule has 2 aromatic carbocycles. The predicted octanol–water partition coefficient (Wildman–Crippen LogP) is 4.76. The Morgan fingerprint density at radius 1 is 1.03 bits per heavy atom. The highest BCUT2D eigenvalue weighted by Crippen LogP contribution is 2.28. The van der Waals surface area contributed by atoms with Crippen molar-refractivity contribution in [1.29, 1.82) is 0 Å². The van der Waals surface area contributed by atoms with Crippen LogP contribution in [0.15, 0.2) is 78.3 Å². The zero-order valence-corrected chi connectivity index (χ0v) is 18.8. The molecular formula is C25H24N4O2S. The lowest BCUT2D eigenvalue weighted by Crippen LogP contribution is -2.27. The summed E-state index contributed by atoms with van der Waals surface area (Å²) in [5, 5.41) is 9.57. The molecule has 0 aliphatic rings. The van der Waals surface area contributed by atoms with Gasteiger partial charge in [-0.25, -0.2) is 4.68 Å². The Hall–Kier alpha value is -3.71. The third kappa shape index (κ3) is 5.12. The van der Waals surface area contributed by atoms with Crippen LogP contribution in [0.5, 0.6) is 0 Å². The van der Waals surface area contributed by atoms with Crippen molar-refractivity contribution in [3.05, 3.63) is 89.4 Å². The van der Waals surface area contributed by atoms with Crippen molar-refractivity contribution in [1.82, 2.24) is 14.7 Å². The number of benzene rings is 2. The molecule has 0 unspecified atom stereocenters. The van der Waals surface area contributed by atoms with Gasteiger partial charge in [0.1, 0.15) is 5.69 Å². The van der Waals surface area contributed by atoms with E-state index >= 15 is 0 Å². The van der Waals surface area contributed by atoms with Gasteiger partial charge in [-0.15, -0.1) is 11.3 Å². The molecule has 0 aliphatic heterocycles. The maximum atomic E-state index is 12.9. The number of anilines is 1. The first-order valence-corrected chi connectivity index (χ1v) is 11.2. The standard InChI is InChI=1S/C25H24N4O2S/c1-18(30)26-21-12-10-19(11-13-21)15-24(31)28(2)16-20-17-29(22-7-4-3-5-8-22)27-25(20)23-9-6-14-32-23/h3-14,17H,15-16H2,1-2H3,(H,26,30). The Bertz CT molecular complexity index is 1200. The summed E-state index contributed by atoms with van der Waals surface area (Å²) in [6.45, 7) is 1.93. The van der Waals surface area contributed by atoms with Crippen LogP contribution in [0.3, 0.4) is 0 Å². The number of para-hydroxylation sites is 1. The van der Waals surface area contributed by atoms with Crippen molar-refractivity contribution in [2.24, 2.45) is 0 Å².